The minimum Gasteiger partial charge on any atom is -0.493 e. The molecule has 0 N–H and O–H groups in total. The van der Waals surface area contributed by atoms with E-state index in [1.807, 2.05) is 25.1 Å². The summed E-state index contributed by atoms with van der Waals surface area (Å²) in [7, 11) is 1.57. The zero-order chi connectivity index (χ0) is 14.4. The molecular weight excluding hydrogens is 252 g/mol. The highest BCUT2D eigenvalue weighted by atomic mass is 16.5. The maximum absolute atomic E-state index is 12.3. The van der Waals surface area contributed by atoms with E-state index >= 15 is 0 Å². The van der Waals surface area contributed by atoms with Gasteiger partial charge in [0.2, 0.25) is 0 Å². The van der Waals surface area contributed by atoms with Crippen LogP contribution in [0.25, 0.3) is 0 Å². The van der Waals surface area contributed by atoms with E-state index in [1.165, 1.54) is 5.56 Å². The SMILES string of the molecule is CCn1ncc(OC)c1C(=O)CCCc1ccccc1. The highest BCUT2D eigenvalue weighted by Gasteiger charge is 2.18. The molecule has 20 heavy (non-hydrogen) atoms. The van der Waals surface area contributed by atoms with E-state index in [-0.39, 0.29) is 5.78 Å². The number of aromatic nitrogens is 2. The molecule has 2 rings (SSSR count). The molecule has 0 aliphatic carbocycles. The largest absolute Gasteiger partial charge is 0.493 e. The second-order valence-electron chi connectivity index (χ2n) is 4.64. The third-order valence-electron chi connectivity index (χ3n) is 3.30. The van der Waals surface area contributed by atoms with E-state index in [4.69, 9.17) is 4.74 Å². The fraction of sp³-hybridized carbons (Fsp3) is 0.375. The van der Waals surface area contributed by atoms with Crippen molar-refractivity contribution in [3.05, 3.63) is 47.8 Å². The predicted octanol–water partition coefficient (Wildman–Crippen LogP) is 3.12. The lowest BCUT2D eigenvalue weighted by Gasteiger charge is -2.06. The van der Waals surface area contributed by atoms with Gasteiger partial charge in [-0.15, -0.1) is 0 Å². The Morgan fingerprint density at radius 1 is 1.30 bits per heavy atom. The first-order valence-electron chi connectivity index (χ1n) is 6.93. The average molecular weight is 272 g/mol. The van der Waals surface area contributed by atoms with Gasteiger partial charge in [0.15, 0.2) is 11.5 Å². The minimum atomic E-state index is 0.0946. The quantitative estimate of drug-likeness (QED) is 0.727. The molecule has 0 spiro atoms. The Bertz CT molecular complexity index is 540. The van der Waals surface area contributed by atoms with E-state index in [9.17, 15) is 4.79 Å². The van der Waals surface area contributed by atoms with Crippen molar-refractivity contribution in [1.29, 1.82) is 0 Å². The number of ether oxygens (including phenoxy) is 1. The molecule has 2 aromatic rings. The van der Waals surface area contributed by atoms with Crippen LogP contribution in [0.2, 0.25) is 0 Å². The van der Waals surface area contributed by atoms with Gasteiger partial charge in [-0.3, -0.25) is 9.48 Å². The van der Waals surface area contributed by atoms with Gasteiger partial charge in [0.1, 0.15) is 5.69 Å². The normalized spacial score (nSPS) is 10.5. The van der Waals surface area contributed by atoms with Gasteiger partial charge in [0, 0.05) is 13.0 Å². The average Bonchev–Trinajstić information content (AvgIpc) is 2.91. The van der Waals surface area contributed by atoms with Crippen LogP contribution in [0.3, 0.4) is 0 Å². The van der Waals surface area contributed by atoms with Crippen molar-refractivity contribution >= 4 is 5.78 Å². The number of hydrogen-bond acceptors (Lipinski definition) is 3. The van der Waals surface area contributed by atoms with Gasteiger partial charge in [-0.2, -0.15) is 5.10 Å². The Morgan fingerprint density at radius 2 is 2.05 bits per heavy atom. The van der Waals surface area contributed by atoms with E-state index in [1.54, 1.807) is 18.0 Å². The lowest BCUT2D eigenvalue weighted by molar-refractivity contribution is 0.0966. The number of hydrogen-bond donors (Lipinski definition) is 0. The predicted molar refractivity (Wildman–Crippen MR) is 78.2 cm³/mol. The molecule has 0 atom stereocenters. The van der Waals surface area contributed by atoms with E-state index in [0.717, 1.165) is 12.8 Å². The number of nitrogens with zero attached hydrogens (tertiary/aromatic N) is 2. The van der Waals surface area contributed by atoms with Gasteiger partial charge in [-0.05, 0) is 25.3 Å². The highest BCUT2D eigenvalue weighted by molar-refractivity contribution is 5.97. The van der Waals surface area contributed by atoms with Crippen LogP contribution in [0.5, 0.6) is 5.75 Å². The van der Waals surface area contributed by atoms with E-state index in [2.05, 4.69) is 17.2 Å². The molecule has 0 aliphatic heterocycles. The van der Waals surface area contributed by atoms with Crippen molar-refractivity contribution in [2.75, 3.05) is 7.11 Å². The number of Topliss-reactive ketones (excluding diaryl/α,β-unsaturated/α-hetero) is 1. The Kier molecular flexibility index (Phi) is 4.93. The van der Waals surface area contributed by atoms with Crippen LogP contribution in [0.15, 0.2) is 36.5 Å². The maximum atomic E-state index is 12.3. The van der Waals surface area contributed by atoms with Crippen LogP contribution in [-0.2, 0) is 13.0 Å². The third-order valence-corrected chi connectivity index (χ3v) is 3.30. The van der Waals surface area contributed by atoms with Crippen molar-refractivity contribution in [1.82, 2.24) is 9.78 Å². The van der Waals surface area contributed by atoms with Crippen molar-refractivity contribution in [2.45, 2.75) is 32.7 Å². The number of methoxy groups -OCH3 is 1. The number of carbonyl (C=O) groups excluding carboxylic acids is 1. The van der Waals surface area contributed by atoms with Crippen molar-refractivity contribution < 1.29 is 9.53 Å². The summed E-state index contributed by atoms with van der Waals surface area (Å²) in [6.45, 7) is 2.64. The first-order valence-corrected chi connectivity index (χ1v) is 6.93. The Morgan fingerprint density at radius 3 is 2.70 bits per heavy atom. The summed E-state index contributed by atoms with van der Waals surface area (Å²) in [4.78, 5) is 12.3. The zero-order valence-electron chi connectivity index (χ0n) is 12.0. The van der Waals surface area contributed by atoms with E-state index in [0.29, 0.717) is 24.4 Å². The van der Waals surface area contributed by atoms with Crippen LogP contribution in [-0.4, -0.2) is 22.7 Å². The molecule has 0 saturated heterocycles. The van der Waals surface area contributed by atoms with Crippen LogP contribution in [0.1, 0.15) is 35.8 Å². The maximum Gasteiger partial charge on any atom is 0.184 e. The fourth-order valence-electron chi connectivity index (χ4n) is 2.25. The molecule has 106 valence electrons. The molecule has 1 aromatic heterocycles. The smallest absolute Gasteiger partial charge is 0.184 e. The summed E-state index contributed by atoms with van der Waals surface area (Å²) >= 11 is 0. The van der Waals surface area contributed by atoms with Gasteiger partial charge in [0.05, 0.1) is 13.3 Å². The molecule has 0 aliphatic rings. The lowest BCUT2D eigenvalue weighted by atomic mass is 10.1. The molecule has 0 radical (unpaired) electrons. The minimum absolute atomic E-state index is 0.0946. The number of aryl methyl sites for hydroxylation is 2. The van der Waals surface area contributed by atoms with Gasteiger partial charge in [-0.25, -0.2) is 0 Å². The van der Waals surface area contributed by atoms with Crippen molar-refractivity contribution in [3.8, 4) is 5.75 Å². The first kappa shape index (κ1) is 14.3. The van der Waals surface area contributed by atoms with Crippen LogP contribution in [0.4, 0.5) is 0 Å². The van der Waals surface area contributed by atoms with Crippen LogP contribution < -0.4 is 4.74 Å². The molecule has 0 unspecified atom stereocenters. The van der Waals surface area contributed by atoms with Gasteiger partial charge < -0.3 is 4.74 Å². The summed E-state index contributed by atoms with van der Waals surface area (Å²) in [5.41, 5.74) is 1.85. The van der Waals surface area contributed by atoms with Crippen molar-refractivity contribution in [3.63, 3.8) is 0 Å². The molecule has 0 saturated carbocycles. The zero-order valence-corrected chi connectivity index (χ0v) is 12.0. The standard InChI is InChI=1S/C16H20N2O2/c1-3-18-16(15(20-2)12-17-18)14(19)11-7-10-13-8-5-4-6-9-13/h4-6,8-9,12H,3,7,10-11H2,1-2H3. The molecule has 0 bridgehead atoms. The molecule has 0 fully saturated rings. The van der Waals surface area contributed by atoms with Crippen LogP contribution in [0, 0.1) is 0 Å². The molecule has 0 amide bonds. The van der Waals surface area contributed by atoms with Gasteiger partial charge in [0.25, 0.3) is 0 Å². The van der Waals surface area contributed by atoms with Crippen molar-refractivity contribution in [2.24, 2.45) is 0 Å². The summed E-state index contributed by atoms with van der Waals surface area (Å²) in [5.74, 6) is 0.661. The lowest BCUT2D eigenvalue weighted by Crippen LogP contribution is -2.11. The second kappa shape index (κ2) is 6.89. The number of carbonyl (C=O) groups is 1. The van der Waals surface area contributed by atoms with E-state index < -0.39 is 0 Å². The summed E-state index contributed by atoms with van der Waals surface area (Å²) in [6.07, 6.45) is 3.86. The fourth-order valence-corrected chi connectivity index (χ4v) is 2.25. The summed E-state index contributed by atoms with van der Waals surface area (Å²) < 4.78 is 6.91. The Hall–Kier alpha value is -2.10. The summed E-state index contributed by atoms with van der Waals surface area (Å²) in [5, 5.41) is 4.16. The Labute approximate surface area is 119 Å². The van der Waals surface area contributed by atoms with Gasteiger partial charge >= 0.3 is 0 Å². The molecular formula is C16H20N2O2. The number of rotatable bonds is 7. The number of ketones is 1. The molecule has 4 heteroatoms. The number of benzene rings is 1. The Balaban J connectivity index is 1.96. The topological polar surface area (TPSA) is 44.1 Å². The molecule has 1 aromatic carbocycles. The van der Waals surface area contributed by atoms with Crippen LogP contribution >= 0.6 is 0 Å². The summed E-state index contributed by atoms with van der Waals surface area (Å²) in [6, 6.07) is 10.2. The first-order chi connectivity index (χ1) is 9.76. The highest BCUT2D eigenvalue weighted by Crippen LogP contribution is 2.20. The molecule has 4 nitrogen and oxygen atoms in total. The molecule has 1 heterocycles. The third kappa shape index (κ3) is 3.26. The monoisotopic (exact) mass is 272 g/mol. The van der Waals surface area contributed by atoms with Gasteiger partial charge in [-0.1, -0.05) is 30.3 Å². The second-order valence-corrected chi connectivity index (χ2v) is 4.64.